The van der Waals surface area contributed by atoms with Gasteiger partial charge < -0.3 is 10.5 Å². The highest BCUT2D eigenvalue weighted by atomic mass is 16.5. The molecule has 0 saturated heterocycles. The summed E-state index contributed by atoms with van der Waals surface area (Å²) in [5.74, 6) is 0. The Bertz CT molecular complexity index is 29.6. The number of methoxy groups -OCH3 is 1. The number of hydrogen-bond acceptors (Lipinski definition) is 2. The standard InChI is InChI=1S/C5H13NO/c1-3-5(4-6)7-2/h5H,3-4,6H2,1-2H3. The maximum Gasteiger partial charge on any atom is 0.0690 e. The lowest BCUT2D eigenvalue weighted by Gasteiger charge is -2.07. The summed E-state index contributed by atoms with van der Waals surface area (Å²) in [5.41, 5.74) is 5.27. The third-order valence-electron chi connectivity index (χ3n) is 1.05. The van der Waals surface area contributed by atoms with Crippen LogP contribution in [-0.2, 0) is 4.74 Å². The fourth-order valence-corrected chi connectivity index (χ4v) is 0.430. The average molecular weight is 103 g/mol. The molecule has 0 spiro atoms. The molecule has 0 rings (SSSR count). The molecule has 7 heavy (non-hydrogen) atoms. The fourth-order valence-electron chi connectivity index (χ4n) is 0.430. The summed E-state index contributed by atoms with van der Waals surface area (Å²) in [6.45, 7) is 2.69. The molecule has 2 nitrogen and oxygen atoms in total. The minimum absolute atomic E-state index is 0.264. The SMILES string of the molecule is CCC(CN)OC. The first-order chi connectivity index (χ1) is 3.35. The molecule has 0 aromatic carbocycles. The van der Waals surface area contributed by atoms with E-state index in [0.717, 1.165) is 6.42 Å². The fraction of sp³-hybridized carbons (Fsp3) is 1.00. The summed E-state index contributed by atoms with van der Waals surface area (Å²) in [7, 11) is 1.68. The van der Waals surface area contributed by atoms with Crippen molar-refractivity contribution in [2.75, 3.05) is 13.7 Å². The Morgan fingerprint density at radius 2 is 2.29 bits per heavy atom. The Morgan fingerprint density at radius 1 is 1.71 bits per heavy atom. The van der Waals surface area contributed by atoms with E-state index < -0.39 is 0 Å². The molecule has 44 valence electrons. The smallest absolute Gasteiger partial charge is 0.0690 e. The van der Waals surface area contributed by atoms with Crippen molar-refractivity contribution >= 4 is 0 Å². The van der Waals surface area contributed by atoms with Crippen LogP contribution in [0.3, 0.4) is 0 Å². The lowest BCUT2D eigenvalue weighted by molar-refractivity contribution is 0.106. The van der Waals surface area contributed by atoms with Crippen LogP contribution in [0.5, 0.6) is 0 Å². The van der Waals surface area contributed by atoms with E-state index in [1.807, 2.05) is 0 Å². The van der Waals surface area contributed by atoms with E-state index in [1.54, 1.807) is 7.11 Å². The van der Waals surface area contributed by atoms with Crippen LogP contribution in [0.4, 0.5) is 0 Å². The third kappa shape index (κ3) is 2.60. The van der Waals surface area contributed by atoms with E-state index >= 15 is 0 Å². The van der Waals surface area contributed by atoms with Gasteiger partial charge in [-0.15, -0.1) is 0 Å². The Kier molecular flexibility index (Phi) is 4.04. The molecule has 1 unspecified atom stereocenters. The first-order valence-corrected chi connectivity index (χ1v) is 2.58. The van der Waals surface area contributed by atoms with Gasteiger partial charge in [-0.3, -0.25) is 0 Å². The van der Waals surface area contributed by atoms with Crippen LogP contribution in [0.2, 0.25) is 0 Å². The Labute approximate surface area is 44.7 Å². The van der Waals surface area contributed by atoms with Crippen LogP contribution in [0.15, 0.2) is 0 Å². The van der Waals surface area contributed by atoms with E-state index in [2.05, 4.69) is 6.92 Å². The molecule has 0 aliphatic carbocycles. The predicted molar refractivity (Wildman–Crippen MR) is 30.1 cm³/mol. The van der Waals surface area contributed by atoms with Crippen LogP contribution in [0.25, 0.3) is 0 Å². The van der Waals surface area contributed by atoms with Crippen molar-refractivity contribution in [3.8, 4) is 0 Å². The topological polar surface area (TPSA) is 35.2 Å². The highest BCUT2D eigenvalue weighted by molar-refractivity contribution is 4.51. The molecular formula is C5H13NO. The molecule has 0 saturated carbocycles. The Balaban J connectivity index is 2.99. The van der Waals surface area contributed by atoms with Gasteiger partial charge in [0.15, 0.2) is 0 Å². The third-order valence-corrected chi connectivity index (χ3v) is 1.05. The van der Waals surface area contributed by atoms with E-state index in [1.165, 1.54) is 0 Å². The molecule has 0 aromatic rings. The molecule has 0 amide bonds. The average Bonchev–Trinajstić information content (AvgIpc) is 1.72. The first kappa shape index (κ1) is 6.92. The van der Waals surface area contributed by atoms with Gasteiger partial charge in [0.25, 0.3) is 0 Å². The summed E-state index contributed by atoms with van der Waals surface area (Å²) in [4.78, 5) is 0. The number of hydrogen-bond donors (Lipinski definition) is 1. The van der Waals surface area contributed by atoms with Crippen molar-refractivity contribution < 1.29 is 4.74 Å². The molecular weight excluding hydrogens is 90.1 g/mol. The van der Waals surface area contributed by atoms with Gasteiger partial charge >= 0.3 is 0 Å². The van der Waals surface area contributed by atoms with Crippen molar-refractivity contribution in [3.05, 3.63) is 0 Å². The summed E-state index contributed by atoms with van der Waals surface area (Å²) >= 11 is 0. The quantitative estimate of drug-likeness (QED) is 0.560. The molecule has 1 atom stereocenters. The van der Waals surface area contributed by atoms with E-state index in [-0.39, 0.29) is 6.10 Å². The van der Waals surface area contributed by atoms with Crippen LogP contribution < -0.4 is 5.73 Å². The molecule has 0 radical (unpaired) electrons. The van der Waals surface area contributed by atoms with Gasteiger partial charge in [-0.2, -0.15) is 0 Å². The van der Waals surface area contributed by atoms with Gasteiger partial charge in [0.05, 0.1) is 6.10 Å². The molecule has 0 heterocycles. The number of nitrogens with two attached hydrogens (primary N) is 1. The minimum atomic E-state index is 0.264. The van der Waals surface area contributed by atoms with Crippen LogP contribution >= 0.6 is 0 Å². The summed E-state index contributed by atoms with van der Waals surface area (Å²) in [6, 6.07) is 0. The molecule has 2 heteroatoms. The maximum absolute atomic E-state index is 5.27. The number of rotatable bonds is 3. The lowest BCUT2D eigenvalue weighted by atomic mass is 10.3. The molecule has 0 aliphatic rings. The second-order valence-corrected chi connectivity index (χ2v) is 1.50. The van der Waals surface area contributed by atoms with Crippen LogP contribution in [0, 0.1) is 0 Å². The molecule has 0 aliphatic heterocycles. The highest BCUT2D eigenvalue weighted by Gasteiger charge is 1.96. The summed E-state index contributed by atoms with van der Waals surface area (Å²) in [5, 5.41) is 0. The highest BCUT2D eigenvalue weighted by Crippen LogP contribution is 1.89. The summed E-state index contributed by atoms with van der Waals surface area (Å²) in [6.07, 6.45) is 1.27. The zero-order valence-electron chi connectivity index (χ0n) is 4.98. The largest absolute Gasteiger partial charge is 0.380 e. The van der Waals surface area contributed by atoms with E-state index in [0.29, 0.717) is 6.54 Å². The van der Waals surface area contributed by atoms with Crippen LogP contribution in [-0.4, -0.2) is 19.8 Å². The van der Waals surface area contributed by atoms with E-state index in [4.69, 9.17) is 10.5 Å². The van der Waals surface area contributed by atoms with Crippen molar-refractivity contribution in [2.24, 2.45) is 5.73 Å². The van der Waals surface area contributed by atoms with Gasteiger partial charge in [-0.25, -0.2) is 0 Å². The predicted octanol–water partition coefficient (Wildman–Crippen LogP) is 0.370. The van der Waals surface area contributed by atoms with Crippen molar-refractivity contribution in [3.63, 3.8) is 0 Å². The zero-order valence-corrected chi connectivity index (χ0v) is 4.98. The minimum Gasteiger partial charge on any atom is -0.380 e. The van der Waals surface area contributed by atoms with Crippen molar-refractivity contribution in [1.29, 1.82) is 0 Å². The van der Waals surface area contributed by atoms with Crippen LogP contribution in [0.1, 0.15) is 13.3 Å². The first-order valence-electron chi connectivity index (χ1n) is 2.58. The molecule has 0 fully saturated rings. The van der Waals surface area contributed by atoms with Crippen molar-refractivity contribution in [2.45, 2.75) is 19.4 Å². The Hall–Kier alpha value is -0.0800. The van der Waals surface area contributed by atoms with Gasteiger partial charge in [0.2, 0.25) is 0 Å². The van der Waals surface area contributed by atoms with Crippen molar-refractivity contribution in [1.82, 2.24) is 0 Å². The van der Waals surface area contributed by atoms with Gasteiger partial charge in [0, 0.05) is 13.7 Å². The van der Waals surface area contributed by atoms with E-state index in [9.17, 15) is 0 Å². The maximum atomic E-state index is 5.27. The monoisotopic (exact) mass is 103 g/mol. The summed E-state index contributed by atoms with van der Waals surface area (Å²) < 4.78 is 4.92. The number of ether oxygens (including phenoxy) is 1. The molecule has 0 aromatic heterocycles. The lowest BCUT2D eigenvalue weighted by Crippen LogP contribution is -2.20. The zero-order chi connectivity index (χ0) is 5.70. The molecule has 2 N–H and O–H groups in total. The van der Waals surface area contributed by atoms with Gasteiger partial charge in [-0.1, -0.05) is 6.92 Å². The Morgan fingerprint density at radius 3 is 2.29 bits per heavy atom. The second kappa shape index (κ2) is 4.09. The van der Waals surface area contributed by atoms with Gasteiger partial charge in [0.1, 0.15) is 0 Å². The van der Waals surface area contributed by atoms with Gasteiger partial charge in [-0.05, 0) is 6.42 Å². The molecule has 0 bridgehead atoms. The second-order valence-electron chi connectivity index (χ2n) is 1.50. The normalized spacial score (nSPS) is 14.1.